The second-order valence-corrected chi connectivity index (χ2v) is 6.52. The highest BCUT2D eigenvalue weighted by molar-refractivity contribution is 9.11. The predicted molar refractivity (Wildman–Crippen MR) is 62.7 cm³/mol. The van der Waals surface area contributed by atoms with Crippen LogP contribution in [0.25, 0.3) is 0 Å². The van der Waals surface area contributed by atoms with E-state index in [0.29, 0.717) is 0 Å². The van der Waals surface area contributed by atoms with E-state index in [0.717, 1.165) is 25.9 Å². The minimum absolute atomic E-state index is 0.0876. The molecule has 0 aromatic carbocycles. The number of hydrogen-bond donors (Lipinski definition) is 2. The molecule has 2 heterocycles. The number of rotatable bonds is 3. The van der Waals surface area contributed by atoms with Gasteiger partial charge in [-0.15, -0.1) is 11.3 Å². The van der Waals surface area contributed by atoms with Crippen LogP contribution in [0.15, 0.2) is 15.9 Å². The van der Waals surface area contributed by atoms with Gasteiger partial charge in [0.2, 0.25) is 0 Å². The van der Waals surface area contributed by atoms with Gasteiger partial charge in [0.25, 0.3) is 0 Å². The second kappa shape index (κ2) is 4.31. The average molecular weight is 276 g/mol. The van der Waals surface area contributed by atoms with E-state index < -0.39 is 0 Å². The summed E-state index contributed by atoms with van der Waals surface area (Å²) in [6, 6.07) is 4.22. The van der Waals surface area contributed by atoms with Crippen LogP contribution in [-0.2, 0) is 6.42 Å². The van der Waals surface area contributed by atoms with Gasteiger partial charge in [-0.25, -0.2) is 0 Å². The van der Waals surface area contributed by atoms with Crippen molar-refractivity contribution in [3.63, 3.8) is 0 Å². The van der Waals surface area contributed by atoms with Crippen molar-refractivity contribution >= 4 is 27.3 Å². The van der Waals surface area contributed by atoms with E-state index in [1.165, 1.54) is 8.66 Å². The van der Waals surface area contributed by atoms with Crippen LogP contribution in [0.1, 0.15) is 11.3 Å². The van der Waals surface area contributed by atoms with Crippen LogP contribution in [-0.4, -0.2) is 24.8 Å². The zero-order valence-electron chi connectivity index (χ0n) is 7.92. The van der Waals surface area contributed by atoms with E-state index in [9.17, 15) is 5.11 Å². The van der Waals surface area contributed by atoms with Gasteiger partial charge in [0, 0.05) is 16.8 Å². The van der Waals surface area contributed by atoms with Gasteiger partial charge in [-0.05, 0) is 47.4 Å². The second-order valence-electron chi connectivity index (χ2n) is 3.97. The molecule has 2 nitrogen and oxygen atoms in total. The molecular formula is C10H14BrNOS. The molecule has 78 valence electrons. The lowest BCUT2D eigenvalue weighted by Crippen LogP contribution is -2.30. The maximum absolute atomic E-state index is 9.44. The minimum atomic E-state index is 0.0876. The Morgan fingerprint density at radius 3 is 2.93 bits per heavy atom. The molecule has 4 heteroatoms. The van der Waals surface area contributed by atoms with Gasteiger partial charge in [-0.1, -0.05) is 0 Å². The van der Waals surface area contributed by atoms with Gasteiger partial charge in [0.1, 0.15) is 0 Å². The quantitative estimate of drug-likeness (QED) is 0.885. The van der Waals surface area contributed by atoms with E-state index in [-0.39, 0.29) is 12.0 Å². The molecule has 14 heavy (non-hydrogen) atoms. The monoisotopic (exact) mass is 275 g/mol. The number of hydrogen-bond acceptors (Lipinski definition) is 3. The SMILES string of the molecule is OCC1(Cc2ccc(Br)s2)CCNC1. The number of thiophene rings is 1. The smallest absolute Gasteiger partial charge is 0.0701 e. The fourth-order valence-corrected chi connectivity index (χ4v) is 3.61. The van der Waals surface area contributed by atoms with Gasteiger partial charge in [0.05, 0.1) is 10.4 Å². The molecule has 0 amide bonds. The molecule has 1 unspecified atom stereocenters. The highest BCUT2D eigenvalue weighted by Crippen LogP contribution is 2.33. The molecule has 1 aromatic rings. The topological polar surface area (TPSA) is 32.3 Å². The summed E-state index contributed by atoms with van der Waals surface area (Å²) in [4.78, 5) is 1.36. The summed E-state index contributed by atoms with van der Waals surface area (Å²) < 4.78 is 1.17. The standard InChI is InChI=1S/C10H14BrNOS/c11-9-2-1-8(14-9)5-10(7-13)3-4-12-6-10/h1-2,12-13H,3-7H2. The Morgan fingerprint density at radius 2 is 2.43 bits per heavy atom. The van der Waals surface area contributed by atoms with Crippen LogP contribution < -0.4 is 5.32 Å². The fourth-order valence-electron chi connectivity index (χ4n) is 1.95. The van der Waals surface area contributed by atoms with Crippen LogP contribution >= 0.6 is 27.3 Å². The van der Waals surface area contributed by atoms with E-state index >= 15 is 0 Å². The zero-order valence-corrected chi connectivity index (χ0v) is 10.3. The fraction of sp³-hybridized carbons (Fsp3) is 0.600. The summed E-state index contributed by atoms with van der Waals surface area (Å²) in [5.74, 6) is 0. The Bertz CT molecular complexity index is 307. The molecule has 0 bridgehead atoms. The summed E-state index contributed by atoms with van der Waals surface area (Å²) in [7, 11) is 0. The maximum Gasteiger partial charge on any atom is 0.0701 e. The van der Waals surface area contributed by atoms with Crippen LogP contribution in [0.4, 0.5) is 0 Å². The highest BCUT2D eigenvalue weighted by atomic mass is 79.9. The van der Waals surface area contributed by atoms with Crippen molar-refractivity contribution in [1.29, 1.82) is 0 Å². The summed E-state index contributed by atoms with van der Waals surface area (Å²) in [5, 5.41) is 12.8. The summed E-state index contributed by atoms with van der Waals surface area (Å²) in [5.41, 5.74) is 0.0876. The van der Waals surface area contributed by atoms with Gasteiger partial charge < -0.3 is 10.4 Å². The van der Waals surface area contributed by atoms with Gasteiger partial charge >= 0.3 is 0 Å². The van der Waals surface area contributed by atoms with E-state index in [4.69, 9.17) is 0 Å². The van der Waals surface area contributed by atoms with Crippen LogP contribution in [0.5, 0.6) is 0 Å². The predicted octanol–water partition coefficient (Wildman–Crippen LogP) is 2.03. The van der Waals surface area contributed by atoms with Crippen LogP contribution in [0.2, 0.25) is 0 Å². The number of aliphatic hydroxyl groups excluding tert-OH is 1. The lowest BCUT2D eigenvalue weighted by Gasteiger charge is -2.24. The normalized spacial score (nSPS) is 27.0. The first-order chi connectivity index (χ1) is 6.74. The zero-order chi connectivity index (χ0) is 10.0. The molecule has 2 N–H and O–H groups in total. The Labute approximate surface area is 96.5 Å². The van der Waals surface area contributed by atoms with Gasteiger partial charge in [-0.3, -0.25) is 0 Å². The van der Waals surface area contributed by atoms with Crippen molar-refractivity contribution in [1.82, 2.24) is 5.32 Å². The van der Waals surface area contributed by atoms with Crippen molar-refractivity contribution < 1.29 is 5.11 Å². The van der Waals surface area contributed by atoms with Gasteiger partial charge in [0.15, 0.2) is 0 Å². The van der Waals surface area contributed by atoms with Gasteiger partial charge in [-0.2, -0.15) is 0 Å². The third kappa shape index (κ3) is 2.19. The molecule has 0 saturated carbocycles. The van der Waals surface area contributed by atoms with Crippen LogP contribution in [0, 0.1) is 5.41 Å². The van der Waals surface area contributed by atoms with Crippen molar-refractivity contribution in [2.24, 2.45) is 5.41 Å². The number of aliphatic hydroxyl groups is 1. The largest absolute Gasteiger partial charge is 0.396 e. The Balaban J connectivity index is 2.08. The molecule has 1 atom stereocenters. The van der Waals surface area contributed by atoms with Crippen LogP contribution in [0.3, 0.4) is 0 Å². The van der Waals surface area contributed by atoms with Crippen molar-refractivity contribution in [2.75, 3.05) is 19.7 Å². The molecule has 0 radical (unpaired) electrons. The first kappa shape index (κ1) is 10.6. The average Bonchev–Trinajstić information content (AvgIpc) is 2.77. The Morgan fingerprint density at radius 1 is 1.57 bits per heavy atom. The molecule has 1 aromatic heterocycles. The minimum Gasteiger partial charge on any atom is -0.396 e. The van der Waals surface area contributed by atoms with Crippen molar-refractivity contribution in [3.8, 4) is 0 Å². The molecule has 1 fully saturated rings. The number of nitrogens with one attached hydrogen (secondary N) is 1. The van der Waals surface area contributed by atoms with Crippen molar-refractivity contribution in [2.45, 2.75) is 12.8 Å². The molecule has 1 aliphatic rings. The summed E-state index contributed by atoms with van der Waals surface area (Å²) in [6.07, 6.45) is 2.08. The highest BCUT2D eigenvalue weighted by Gasteiger charge is 2.33. The molecule has 2 rings (SSSR count). The Kier molecular flexibility index (Phi) is 3.27. The molecular weight excluding hydrogens is 262 g/mol. The van der Waals surface area contributed by atoms with Crippen molar-refractivity contribution in [3.05, 3.63) is 20.8 Å². The first-order valence-electron chi connectivity index (χ1n) is 4.80. The van der Waals surface area contributed by atoms with E-state index in [1.54, 1.807) is 11.3 Å². The molecule has 1 saturated heterocycles. The van der Waals surface area contributed by atoms with E-state index in [2.05, 4.69) is 33.4 Å². The lowest BCUT2D eigenvalue weighted by atomic mass is 9.84. The first-order valence-corrected chi connectivity index (χ1v) is 6.41. The summed E-state index contributed by atoms with van der Waals surface area (Å²) >= 11 is 5.23. The molecule has 0 spiro atoms. The maximum atomic E-state index is 9.44. The van der Waals surface area contributed by atoms with E-state index in [1.807, 2.05) is 0 Å². The number of halogens is 1. The third-order valence-corrected chi connectivity index (χ3v) is 4.47. The Hall–Kier alpha value is 0.1000. The lowest BCUT2D eigenvalue weighted by molar-refractivity contribution is 0.143. The molecule has 1 aliphatic heterocycles. The summed E-state index contributed by atoms with van der Waals surface area (Å²) in [6.45, 7) is 2.27. The third-order valence-electron chi connectivity index (χ3n) is 2.85. The molecule has 0 aliphatic carbocycles.